The maximum absolute atomic E-state index is 13.1. The van der Waals surface area contributed by atoms with Crippen molar-refractivity contribution in [2.75, 3.05) is 12.0 Å². The summed E-state index contributed by atoms with van der Waals surface area (Å²) >= 11 is -0.269. The fourth-order valence-corrected chi connectivity index (χ4v) is 4.58. The third-order valence-electron chi connectivity index (χ3n) is 5.28. The van der Waals surface area contributed by atoms with Crippen molar-refractivity contribution in [3.05, 3.63) is 59.7 Å². The number of carbonyl (C=O) groups excluding carboxylic acids is 3. The number of anilines is 1. The molecule has 1 saturated heterocycles. The van der Waals surface area contributed by atoms with E-state index in [4.69, 9.17) is 4.74 Å². The predicted molar refractivity (Wildman–Crippen MR) is 119 cm³/mol. The van der Waals surface area contributed by atoms with Gasteiger partial charge in [0.25, 0.3) is 5.91 Å². The predicted octanol–water partition coefficient (Wildman–Crippen LogP) is 5.33. The van der Waals surface area contributed by atoms with E-state index in [1.807, 2.05) is 13.8 Å². The molecule has 1 aliphatic heterocycles. The third-order valence-corrected chi connectivity index (χ3v) is 6.02. The average molecular weight is 480 g/mol. The van der Waals surface area contributed by atoms with Crippen LogP contribution >= 0.6 is 11.8 Å². The molecule has 1 aliphatic rings. The fourth-order valence-electron chi connectivity index (χ4n) is 4.04. The zero-order valence-electron chi connectivity index (χ0n) is 18.4. The van der Waals surface area contributed by atoms with E-state index >= 15 is 0 Å². The van der Waals surface area contributed by atoms with Crippen LogP contribution in [0.2, 0.25) is 0 Å². The normalized spacial score (nSPS) is 18.9. The Labute approximate surface area is 194 Å². The Kier molecular flexibility index (Phi) is 7.64. The molecule has 9 heteroatoms. The summed E-state index contributed by atoms with van der Waals surface area (Å²) in [6.07, 6.45) is 0.127. The van der Waals surface area contributed by atoms with Gasteiger partial charge in [0.2, 0.25) is 5.78 Å². The zero-order chi connectivity index (χ0) is 24.3. The number of alkyl halides is 3. The Morgan fingerprint density at radius 1 is 1.09 bits per heavy atom. The summed E-state index contributed by atoms with van der Waals surface area (Å²) < 4.78 is 43.4. The van der Waals surface area contributed by atoms with Gasteiger partial charge in [0.15, 0.2) is 0 Å². The first-order chi connectivity index (χ1) is 15.5. The third kappa shape index (κ3) is 5.65. The summed E-state index contributed by atoms with van der Waals surface area (Å²) in [5, 5.41) is 0. The van der Waals surface area contributed by atoms with Gasteiger partial charge in [-0.25, -0.2) is 0 Å². The molecule has 0 aliphatic carbocycles. The standard InChI is InChI=1S/C24H24F3NO4S/c1-14(2)12-19(29)20-21(18-7-5-4-6-15(18)13-32-3)28(23(31)22(20)30)16-8-10-17(11-9-16)33-24(25,26)27/h4-11,14,20-21H,12-13H2,1-3H3. The lowest BCUT2D eigenvalue weighted by atomic mass is 9.84. The lowest BCUT2D eigenvalue weighted by Crippen LogP contribution is -2.31. The minimum atomic E-state index is -4.45. The lowest BCUT2D eigenvalue weighted by Gasteiger charge is -2.29. The molecule has 0 saturated carbocycles. The Balaban J connectivity index is 2.10. The molecule has 2 unspecified atom stereocenters. The highest BCUT2D eigenvalue weighted by molar-refractivity contribution is 8.00. The van der Waals surface area contributed by atoms with E-state index in [1.165, 1.54) is 36.3 Å². The van der Waals surface area contributed by atoms with Gasteiger partial charge in [-0.15, -0.1) is 0 Å². The molecule has 0 aromatic heterocycles. The summed E-state index contributed by atoms with van der Waals surface area (Å²) in [6, 6.07) is 11.4. The summed E-state index contributed by atoms with van der Waals surface area (Å²) in [5.74, 6) is -3.23. The van der Waals surface area contributed by atoms with Gasteiger partial charge in [-0.1, -0.05) is 38.1 Å². The van der Waals surface area contributed by atoms with Crippen molar-refractivity contribution in [1.82, 2.24) is 0 Å². The SMILES string of the molecule is COCc1ccccc1C1C(C(=O)CC(C)C)C(=O)C(=O)N1c1ccc(SC(F)(F)F)cc1. The van der Waals surface area contributed by atoms with E-state index in [-0.39, 0.29) is 47.1 Å². The molecule has 1 amide bonds. The number of nitrogens with zero attached hydrogens (tertiary/aromatic N) is 1. The Morgan fingerprint density at radius 2 is 1.73 bits per heavy atom. The first kappa shape index (κ1) is 25.0. The molecule has 2 aromatic carbocycles. The van der Waals surface area contributed by atoms with Gasteiger partial charge in [-0.3, -0.25) is 19.3 Å². The van der Waals surface area contributed by atoms with Crippen molar-refractivity contribution in [3.63, 3.8) is 0 Å². The topological polar surface area (TPSA) is 63.7 Å². The van der Waals surface area contributed by atoms with Gasteiger partial charge in [-0.2, -0.15) is 13.2 Å². The number of ether oxygens (including phenoxy) is 1. The number of rotatable bonds is 8. The second kappa shape index (κ2) is 10.1. The fraction of sp³-hybridized carbons (Fsp3) is 0.375. The monoisotopic (exact) mass is 479 g/mol. The van der Waals surface area contributed by atoms with Crippen molar-refractivity contribution in [2.45, 2.75) is 43.3 Å². The molecule has 3 rings (SSSR count). The van der Waals surface area contributed by atoms with Gasteiger partial charge >= 0.3 is 5.51 Å². The second-order valence-electron chi connectivity index (χ2n) is 8.20. The molecule has 2 aromatic rings. The van der Waals surface area contributed by atoms with E-state index < -0.39 is 29.2 Å². The maximum atomic E-state index is 13.1. The van der Waals surface area contributed by atoms with Crippen LogP contribution in [0.1, 0.15) is 37.4 Å². The van der Waals surface area contributed by atoms with Crippen molar-refractivity contribution in [1.29, 1.82) is 0 Å². The highest BCUT2D eigenvalue weighted by Crippen LogP contribution is 2.43. The molecule has 0 spiro atoms. The number of ketones is 2. The maximum Gasteiger partial charge on any atom is 0.446 e. The number of carbonyl (C=O) groups is 3. The number of hydrogen-bond donors (Lipinski definition) is 0. The van der Waals surface area contributed by atoms with Crippen LogP contribution in [0, 0.1) is 11.8 Å². The van der Waals surface area contributed by atoms with Crippen LogP contribution < -0.4 is 4.90 Å². The van der Waals surface area contributed by atoms with Crippen LogP contribution in [0.3, 0.4) is 0 Å². The average Bonchev–Trinajstić information content (AvgIpc) is 2.98. The first-order valence-corrected chi connectivity index (χ1v) is 11.2. The highest BCUT2D eigenvalue weighted by Gasteiger charge is 2.52. The number of amides is 1. The van der Waals surface area contributed by atoms with Gasteiger partial charge in [0.05, 0.1) is 12.6 Å². The zero-order valence-corrected chi connectivity index (χ0v) is 19.2. The number of thioether (sulfide) groups is 1. The lowest BCUT2D eigenvalue weighted by molar-refractivity contribution is -0.139. The van der Waals surface area contributed by atoms with Gasteiger partial charge in [-0.05, 0) is 53.1 Å². The molecular weight excluding hydrogens is 455 g/mol. The van der Waals surface area contributed by atoms with Crippen molar-refractivity contribution in [3.8, 4) is 0 Å². The van der Waals surface area contributed by atoms with Crippen LogP contribution in [0.5, 0.6) is 0 Å². The number of hydrogen-bond acceptors (Lipinski definition) is 5. The summed E-state index contributed by atoms with van der Waals surface area (Å²) in [4.78, 5) is 40.4. The molecule has 0 N–H and O–H groups in total. The van der Waals surface area contributed by atoms with Crippen LogP contribution in [-0.2, 0) is 25.7 Å². The van der Waals surface area contributed by atoms with Gasteiger partial charge < -0.3 is 4.74 Å². The van der Waals surface area contributed by atoms with Crippen LogP contribution in [-0.4, -0.2) is 30.1 Å². The van der Waals surface area contributed by atoms with Crippen molar-refractivity contribution in [2.24, 2.45) is 11.8 Å². The van der Waals surface area contributed by atoms with Gasteiger partial charge in [0.1, 0.15) is 11.7 Å². The Hall–Kier alpha value is -2.65. The summed E-state index contributed by atoms with van der Waals surface area (Å²) in [6.45, 7) is 3.90. The van der Waals surface area contributed by atoms with Crippen LogP contribution in [0.4, 0.5) is 18.9 Å². The summed E-state index contributed by atoms with van der Waals surface area (Å²) in [5.41, 5.74) is -2.90. The number of methoxy groups -OCH3 is 1. The van der Waals surface area contributed by atoms with Crippen molar-refractivity contribution < 1.29 is 32.3 Å². The molecule has 5 nitrogen and oxygen atoms in total. The minimum Gasteiger partial charge on any atom is -0.380 e. The van der Waals surface area contributed by atoms with Crippen LogP contribution in [0.25, 0.3) is 0 Å². The molecule has 1 heterocycles. The molecular formula is C24H24F3NO4S. The van der Waals surface area contributed by atoms with E-state index in [0.29, 0.717) is 11.1 Å². The smallest absolute Gasteiger partial charge is 0.380 e. The molecule has 0 radical (unpaired) electrons. The Bertz CT molecular complexity index is 1040. The Morgan fingerprint density at radius 3 is 2.30 bits per heavy atom. The molecule has 33 heavy (non-hydrogen) atoms. The molecule has 1 fully saturated rings. The van der Waals surface area contributed by atoms with Crippen molar-refractivity contribution >= 4 is 34.9 Å². The van der Waals surface area contributed by atoms with Crippen LogP contribution in [0.15, 0.2) is 53.4 Å². The largest absolute Gasteiger partial charge is 0.446 e. The second-order valence-corrected chi connectivity index (χ2v) is 9.34. The molecule has 0 bridgehead atoms. The first-order valence-electron chi connectivity index (χ1n) is 10.4. The number of benzene rings is 2. The number of halogens is 3. The summed E-state index contributed by atoms with van der Waals surface area (Å²) in [7, 11) is 1.51. The van der Waals surface area contributed by atoms with Gasteiger partial charge in [0, 0.05) is 24.1 Å². The van der Waals surface area contributed by atoms with E-state index in [0.717, 1.165) is 0 Å². The highest BCUT2D eigenvalue weighted by atomic mass is 32.2. The van der Waals surface area contributed by atoms with E-state index in [9.17, 15) is 27.6 Å². The quantitative estimate of drug-likeness (QED) is 0.291. The number of Topliss-reactive ketones (excluding diaryl/α,β-unsaturated/α-hetero) is 2. The molecule has 2 atom stereocenters. The van der Waals surface area contributed by atoms with E-state index in [1.54, 1.807) is 24.3 Å². The van der Waals surface area contributed by atoms with E-state index in [2.05, 4.69) is 0 Å². The minimum absolute atomic E-state index is 0.0111. The molecule has 176 valence electrons.